The summed E-state index contributed by atoms with van der Waals surface area (Å²) in [5.74, 6) is 8.83. The van der Waals surface area contributed by atoms with Crippen LogP contribution in [0.5, 0.6) is 0 Å². The monoisotopic (exact) mass is 314 g/mol. The quantitative estimate of drug-likeness (QED) is 0.573. The molecule has 0 bridgehead atoms. The molecule has 1 heteroatoms. The minimum atomic E-state index is 0.487. The van der Waals surface area contributed by atoms with Crippen molar-refractivity contribution in [3.8, 4) is 11.8 Å². The van der Waals surface area contributed by atoms with Gasteiger partial charge in [0, 0.05) is 7.11 Å². The van der Waals surface area contributed by atoms with Gasteiger partial charge in [-0.05, 0) is 81.3 Å². The maximum atomic E-state index is 5.41. The summed E-state index contributed by atoms with van der Waals surface area (Å²) in [6.45, 7) is 2.30. The van der Waals surface area contributed by atoms with E-state index in [9.17, 15) is 0 Å². The molecule has 0 aromatic carbocycles. The second-order valence-electron chi connectivity index (χ2n) is 7.35. The average Bonchev–Trinajstić information content (AvgIpc) is 2.60. The Morgan fingerprint density at radius 1 is 0.826 bits per heavy atom. The number of ether oxygens (including phenoxy) is 1. The molecule has 23 heavy (non-hydrogen) atoms. The highest BCUT2D eigenvalue weighted by Crippen LogP contribution is 2.32. The molecule has 0 aliphatic heterocycles. The van der Waals surface area contributed by atoms with Crippen LogP contribution in [0.15, 0.2) is 24.3 Å². The van der Waals surface area contributed by atoms with Crippen molar-refractivity contribution in [2.45, 2.75) is 77.2 Å². The van der Waals surface area contributed by atoms with E-state index >= 15 is 0 Å². The van der Waals surface area contributed by atoms with Crippen LogP contribution in [-0.2, 0) is 4.74 Å². The summed E-state index contributed by atoms with van der Waals surface area (Å²) in [5, 5.41) is 0. The van der Waals surface area contributed by atoms with Crippen molar-refractivity contribution < 1.29 is 4.74 Å². The van der Waals surface area contributed by atoms with Gasteiger partial charge < -0.3 is 4.74 Å². The Bertz CT molecular complexity index is 421. The minimum absolute atomic E-state index is 0.487. The molecule has 0 N–H and O–H groups in total. The van der Waals surface area contributed by atoms with Crippen molar-refractivity contribution in [2.75, 3.05) is 7.11 Å². The highest BCUT2D eigenvalue weighted by molar-refractivity contribution is 5.24. The Kier molecular flexibility index (Phi) is 8.54. The first kappa shape index (κ1) is 18.3. The van der Waals surface area contributed by atoms with Crippen molar-refractivity contribution in [1.29, 1.82) is 0 Å². The first-order valence-corrected chi connectivity index (χ1v) is 9.69. The summed E-state index contributed by atoms with van der Waals surface area (Å²) in [7, 11) is 1.83. The molecule has 0 aromatic heterocycles. The molecular weight excluding hydrogens is 280 g/mol. The molecule has 0 aromatic rings. The lowest BCUT2D eigenvalue weighted by molar-refractivity contribution is 0.0627. The fourth-order valence-electron chi connectivity index (χ4n) is 4.06. The molecule has 0 saturated heterocycles. The molecule has 0 amide bonds. The van der Waals surface area contributed by atoms with Gasteiger partial charge in [0.2, 0.25) is 0 Å². The van der Waals surface area contributed by atoms with Gasteiger partial charge in [-0.1, -0.05) is 43.8 Å². The van der Waals surface area contributed by atoms with E-state index < -0.39 is 0 Å². The fraction of sp³-hybridized carbons (Fsp3) is 0.727. The van der Waals surface area contributed by atoms with Crippen molar-refractivity contribution >= 4 is 0 Å². The number of allylic oxidation sites excluding steroid dienone is 4. The fourth-order valence-corrected chi connectivity index (χ4v) is 4.06. The topological polar surface area (TPSA) is 9.23 Å². The van der Waals surface area contributed by atoms with E-state index in [1.54, 1.807) is 0 Å². The van der Waals surface area contributed by atoms with Crippen molar-refractivity contribution in [3.05, 3.63) is 24.3 Å². The van der Waals surface area contributed by atoms with E-state index in [1.807, 2.05) is 7.11 Å². The van der Waals surface area contributed by atoms with Gasteiger partial charge in [-0.15, -0.1) is 0 Å². The molecule has 2 rings (SSSR count). The van der Waals surface area contributed by atoms with E-state index in [-0.39, 0.29) is 0 Å². The van der Waals surface area contributed by atoms with Crippen LogP contribution < -0.4 is 0 Å². The van der Waals surface area contributed by atoms with E-state index in [1.165, 1.54) is 64.2 Å². The van der Waals surface area contributed by atoms with Gasteiger partial charge in [0.1, 0.15) is 0 Å². The Labute approximate surface area is 143 Å². The molecular formula is C22H34O. The average molecular weight is 315 g/mol. The zero-order valence-corrected chi connectivity index (χ0v) is 15.1. The molecule has 2 aliphatic carbocycles. The number of rotatable bonds is 5. The molecule has 0 unspecified atom stereocenters. The first-order chi connectivity index (χ1) is 11.3. The van der Waals surface area contributed by atoms with Crippen LogP contribution in [0.1, 0.15) is 71.1 Å². The molecule has 0 heterocycles. The van der Waals surface area contributed by atoms with Gasteiger partial charge in [0.05, 0.1) is 6.10 Å². The lowest BCUT2D eigenvalue weighted by Gasteiger charge is -2.26. The van der Waals surface area contributed by atoms with Gasteiger partial charge in [0.15, 0.2) is 0 Å². The number of hydrogen-bond acceptors (Lipinski definition) is 1. The minimum Gasteiger partial charge on any atom is -0.381 e. The van der Waals surface area contributed by atoms with Gasteiger partial charge in [-0.3, -0.25) is 0 Å². The zero-order chi connectivity index (χ0) is 16.3. The van der Waals surface area contributed by atoms with Gasteiger partial charge in [-0.2, -0.15) is 0 Å². The summed E-state index contributed by atoms with van der Waals surface area (Å²) in [4.78, 5) is 0. The second-order valence-corrected chi connectivity index (χ2v) is 7.35. The molecule has 128 valence electrons. The van der Waals surface area contributed by atoms with Crippen LogP contribution in [-0.4, -0.2) is 13.2 Å². The van der Waals surface area contributed by atoms with Gasteiger partial charge >= 0.3 is 0 Å². The highest BCUT2D eigenvalue weighted by Gasteiger charge is 2.19. The SMILES string of the molecule is CCCC1CCC(C=CC#CC=CC2CCC(OC)CC2)CC1. The second kappa shape index (κ2) is 10.7. The Hall–Kier alpha value is -1.00. The molecule has 0 radical (unpaired) electrons. The van der Waals surface area contributed by atoms with Crippen LogP contribution >= 0.6 is 0 Å². The maximum Gasteiger partial charge on any atom is 0.0571 e. The standard InChI is InChI=1S/C22H34O/c1-3-8-19-11-13-20(14-12-19)9-6-4-5-7-10-21-15-17-22(23-2)18-16-21/h6-7,9-10,19-22H,3,8,11-18H2,1-2H3. The Morgan fingerprint density at radius 2 is 1.35 bits per heavy atom. The van der Waals surface area contributed by atoms with Crippen molar-refractivity contribution in [3.63, 3.8) is 0 Å². The van der Waals surface area contributed by atoms with Crippen LogP contribution in [0.3, 0.4) is 0 Å². The van der Waals surface area contributed by atoms with Crippen molar-refractivity contribution in [2.24, 2.45) is 17.8 Å². The van der Waals surface area contributed by atoms with Crippen LogP contribution in [0.4, 0.5) is 0 Å². The first-order valence-electron chi connectivity index (χ1n) is 9.69. The Morgan fingerprint density at radius 3 is 1.83 bits per heavy atom. The third kappa shape index (κ3) is 6.96. The molecule has 1 nitrogen and oxygen atoms in total. The third-order valence-electron chi connectivity index (χ3n) is 5.63. The smallest absolute Gasteiger partial charge is 0.0571 e. The van der Waals surface area contributed by atoms with E-state index in [4.69, 9.17) is 4.74 Å². The number of hydrogen-bond donors (Lipinski definition) is 0. The summed E-state index contributed by atoms with van der Waals surface area (Å²) < 4.78 is 5.41. The van der Waals surface area contributed by atoms with Crippen LogP contribution in [0, 0.1) is 29.6 Å². The molecule has 2 aliphatic rings. The van der Waals surface area contributed by atoms with Crippen LogP contribution in [0.2, 0.25) is 0 Å². The maximum absolute atomic E-state index is 5.41. The Balaban J connectivity index is 1.63. The molecule has 0 atom stereocenters. The van der Waals surface area contributed by atoms with Gasteiger partial charge in [-0.25, -0.2) is 0 Å². The summed E-state index contributed by atoms with van der Waals surface area (Å²) in [6.07, 6.45) is 22.5. The largest absolute Gasteiger partial charge is 0.381 e. The molecule has 2 saturated carbocycles. The van der Waals surface area contributed by atoms with E-state index in [2.05, 4.69) is 43.1 Å². The summed E-state index contributed by atoms with van der Waals surface area (Å²) in [6, 6.07) is 0. The van der Waals surface area contributed by atoms with Gasteiger partial charge in [0.25, 0.3) is 0 Å². The predicted molar refractivity (Wildman–Crippen MR) is 99.2 cm³/mol. The predicted octanol–water partition coefficient (Wildman–Crippen LogP) is 5.91. The lowest BCUT2D eigenvalue weighted by Crippen LogP contribution is -2.19. The zero-order valence-electron chi connectivity index (χ0n) is 15.1. The van der Waals surface area contributed by atoms with Crippen molar-refractivity contribution in [1.82, 2.24) is 0 Å². The van der Waals surface area contributed by atoms with Crippen LogP contribution in [0.25, 0.3) is 0 Å². The lowest BCUT2D eigenvalue weighted by atomic mass is 9.80. The number of methoxy groups -OCH3 is 1. The van der Waals surface area contributed by atoms with E-state index in [0.29, 0.717) is 12.0 Å². The summed E-state index contributed by atoms with van der Waals surface area (Å²) >= 11 is 0. The highest BCUT2D eigenvalue weighted by atomic mass is 16.5. The normalized spacial score (nSPS) is 32.1. The third-order valence-corrected chi connectivity index (χ3v) is 5.63. The van der Waals surface area contributed by atoms with E-state index in [0.717, 1.165) is 11.8 Å². The molecule has 0 spiro atoms. The molecule has 2 fully saturated rings. The summed E-state index contributed by atoms with van der Waals surface area (Å²) in [5.41, 5.74) is 0.